The standard InChI is InChI=1S/C13H16N2O3/c1-4-9(2)12(16)14-10-7-5-6-8-11(10)15-13(17)18-3/h4-9H,1H2,2-3H3,(H,14,16)(H,15,17)/t9-/m1/s1. The van der Waals surface area contributed by atoms with Gasteiger partial charge in [-0.1, -0.05) is 25.1 Å². The number of hydrogen-bond donors (Lipinski definition) is 2. The van der Waals surface area contributed by atoms with Gasteiger partial charge in [-0.2, -0.15) is 0 Å². The largest absolute Gasteiger partial charge is 0.453 e. The number of methoxy groups -OCH3 is 1. The number of ether oxygens (including phenoxy) is 1. The molecule has 96 valence electrons. The second-order valence-corrected chi connectivity index (χ2v) is 3.68. The van der Waals surface area contributed by atoms with Crippen molar-refractivity contribution < 1.29 is 14.3 Å². The lowest BCUT2D eigenvalue weighted by molar-refractivity contribution is -0.118. The van der Waals surface area contributed by atoms with Gasteiger partial charge in [0.15, 0.2) is 0 Å². The van der Waals surface area contributed by atoms with Crippen LogP contribution in [-0.2, 0) is 9.53 Å². The molecule has 0 saturated carbocycles. The molecular formula is C13H16N2O3. The summed E-state index contributed by atoms with van der Waals surface area (Å²) in [6, 6.07) is 6.87. The number of amides is 2. The Hall–Kier alpha value is -2.30. The normalized spacial score (nSPS) is 11.2. The van der Waals surface area contributed by atoms with Crippen molar-refractivity contribution in [3.05, 3.63) is 36.9 Å². The van der Waals surface area contributed by atoms with Gasteiger partial charge >= 0.3 is 6.09 Å². The van der Waals surface area contributed by atoms with Gasteiger partial charge in [-0.25, -0.2) is 4.79 Å². The van der Waals surface area contributed by atoms with E-state index in [0.717, 1.165) is 0 Å². The van der Waals surface area contributed by atoms with Crippen molar-refractivity contribution in [2.75, 3.05) is 17.7 Å². The van der Waals surface area contributed by atoms with Gasteiger partial charge in [-0.15, -0.1) is 6.58 Å². The summed E-state index contributed by atoms with van der Waals surface area (Å²) in [6.45, 7) is 5.29. The molecule has 1 aromatic rings. The number of anilines is 2. The second kappa shape index (κ2) is 6.44. The summed E-state index contributed by atoms with van der Waals surface area (Å²) in [5.74, 6) is -0.500. The van der Waals surface area contributed by atoms with Crippen LogP contribution in [0.1, 0.15) is 6.92 Å². The molecule has 5 nitrogen and oxygen atoms in total. The van der Waals surface area contributed by atoms with Crippen molar-refractivity contribution in [2.24, 2.45) is 5.92 Å². The SMILES string of the molecule is C=C[C@@H](C)C(=O)Nc1ccccc1NC(=O)OC. The minimum absolute atomic E-state index is 0.191. The highest BCUT2D eigenvalue weighted by molar-refractivity contribution is 5.99. The van der Waals surface area contributed by atoms with Gasteiger partial charge in [-0.05, 0) is 12.1 Å². The highest BCUT2D eigenvalue weighted by Gasteiger charge is 2.12. The van der Waals surface area contributed by atoms with E-state index in [9.17, 15) is 9.59 Å². The Morgan fingerprint density at radius 2 is 1.83 bits per heavy atom. The summed E-state index contributed by atoms with van der Waals surface area (Å²) in [6.07, 6.45) is 0.958. The quantitative estimate of drug-likeness (QED) is 0.805. The lowest BCUT2D eigenvalue weighted by Crippen LogP contribution is -2.20. The molecule has 0 heterocycles. The fourth-order valence-electron chi connectivity index (χ4n) is 1.22. The topological polar surface area (TPSA) is 67.4 Å². The third-order valence-electron chi connectivity index (χ3n) is 2.37. The minimum atomic E-state index is -0.589. The van der Waals surface area contributed by atoms with Crippen LogP contribution in [0.15, 0.2) is 36.9 Å². The van der Waals surface area contributed by atoms with Gasteiger partial charge in [0, 0.05) is 0 Å². The maximum Gasteiger partial charge on any atom is 0.411 e. The summed E-state index contributed by atoms with van der Waals surface area (Å²) in [7, 11) is 1.27. The van der Waals surface area contributed by atoms with Gasteiger partial charge in [0.05, 0.1) is 24.4 Å². The number of rotatable bonds is 4. The predicted molar refractivity (Wildman–Crippen MR) is 70.5 cm³/mol. The maximum atomic E-state index is 11.7. The Morgan fingerprint density at radius 3 is 2.33 bits per heavy atom. The van der Waals surface area contributed by atoms with E-state index in [1.165, 1.54) is 7.11 Å². The number of para-hydroxylation sites is 2. The Labute approximate surface area is 106 Å². The van der Waals surface area contributed by atoms with Crippen LogP contribution in [0.2, 0.25) is 0 Å². The number of benzene rings is 1. The summed E-state index contributed by atoms with van der Waals surface area (Å²) < 4.78 is 4.50. The number of hydrogen-bond acceptors (Lipinski definition) is 3. The summed E-state index contributed by atoms with van der Waals surface area (Å²) in [5.41, 5.74) is 0.996. The lowest BCUT2D eigenvalue weighted by atomic mass is 10.1. The average Bonchev–Trinajstić information content (AvgIpc) is 2.39. The highest BCUT2D eigenvalue weighted by atomic mass is 16.5. The van der Waals surface area contributed by atoms with E-state index in [2.05, 4.69) is 21.9 Å². The zero-order valence-corrected chi connectivity index (χ0v) is 10.4. The minimum Gasteiger partial charge on any atom is -0.453 e. The van der Waals surface area contributed by atoms with E-state index in [0.29, 0.717) is 11.4 Å². The summed E-state index contributed by atoms with van der Waals surface area (Å²) in [5, 5.41) is 5.23. The molecule has 0 fully saturated rings. The van der Waals surface area contributed by atoms with Crippen LogP contribution >= 0.6 is 0 Å². The molecule has 0 radical (unpaired) electrons. The summed E-state index contributed by atoms with van der Waals surface area (Å²) in [4.78, 5) is 22.9. The molecule has 0 spiro atoms. The van der Waals surface area contributed by atoms with E-state index in [4.69, 9.17) is 0 Å². The van der Waals surface area contributed by atoms with Crippen molar-refractivity contribution in [1.82, 2.24) is 0 Å². The van der Waals surface area contributed by atoms with Gasteiger partial charge in [0.25, 0.3) is 0 Å². The predicted octanol–water partition coefficient (Wildman–Crippen LogP) is 2.63. The highest BCUT2D eigenvalue weighted by Crippen LogP contribution is 2.21. The zero-order valence-electron chi connectivity index (χ0n) is 10.4. The van der Waals surface area contributed by atoms with Gasteiger partial charge in [0.2, 0.25) is 5.91 Å². The van der Waals surface area contributed by atoms with E-state index in [1.807, 2.05) is 0 Å². The van der Waals surface area contributed by atoms with Crippen LogP contribution < -0.4 is 10.6 Å². The van der Waals surface area contributed by atoms with E-state index in [-0.39, 0.29) is 11.8 Å². The molecule has 0 aliphatic rings. The molecule has 1 atom stereocenters. The van der Waals surface area contributed by atoms with Crippen molar-refractivity contribution in [1.29, 1.82) is 0 Å². The molecular weight excluding hydrogens is 232 g/mol. The van der Waals surface area contributed by atoms with E-state index >= 15 is 0 Å². The van der Waals surface area contributed by atoms with Gasteiger partial charge < -0.3 is 10.1 Å². The van der Waals surface area contributed by atoms with Crippen molar-refractivity contribution >= 4 is 23.4 Å². The first kappa shape index (κ1) is 13.8. The first-order valence-corrected chi connectivity index (χ1v) is 5.46. The molecule has 5 heteroatoms. The van der Waals surface area contributed by atoms with Crippen LogP contribution in [0, 0.1) is 5.92 Å². The molecule has 2 amide bonds. The molecule has 1 aromatic carbocycles. The van der Waals surface area contributed by atoms with Crippen molar-refractivity contribution in [2.45, 2.75) is 6.92 Å². The van der Waals surface area contributed by atoms with Crippen molar-refractivity contribution in [3.8, 4) is 0 Å². The Bertz CT molecular complexity index is 457. The molecule has 1 rings (SSSR count). The van der Waals surface area contributed by atoms with Gasteiger partial charge in [0.1, 0.15) is 0 Å². The monoisotopic (exact) mass is 248 g/mol. The smallest absolute Gasteiger partial charge is 0.411 e. The Kier molecular flexibility index (Phi) is 4.92. The Balaban J connectivity index is 2.85. The molecule has 0 aromatic heterocycles. The molecule has 0 aliphatic heterocycles. The van der Waals surface area contributed by atoms with Crippen LogP contribution in [0.3, 0.4) is 0 Å². The van der Waals surface area contributed by atoms with Crippen molar-refractivity contribution in [3.63, 3.8) is 0 Å². The van der Waals surface area contributed by atoms with E-state index in [1.54, 1.807) is 37.3 Å². The molecule has 0 bridgehead atoms. The van der Waals surface area contributed by atoms with Crippen LogP contribution in [0.4, 0.5) is 16.2 Å². The van der Waals surface area contributed by atoms with Crippen LogP contribution in [0.5, 0.6) is 0 Å². The average molecular weight is 248 g/mol. The summed E-state index contributed by atoms with van der Waals surface area (Å²) >= 11 is 0. The molecule has 0 aliphatic carbocycles. The number of carbonyl (C=O) groups is 2. The molecule has 0 saturated heterocycles. The molecule has 18 heavy (non-hydrogen) atoms. The number of nitrogens with one attached hydrogen (secondary N) is 2. The van der Waals surface area contributed by atoms with Crippen LogP contribution in [-0.4, -0.2) is 19.1 Å². The Morgan fingerprint density at radius 1 is 1.28 bits per heavy atom. The fourth-order valence-corrected chi connectivity index (χ4v) is 1.22. The molecule has 2 N–H and O–H groups in total. The number of carbonyl (C=O) groups excluding carboxylic acids is 2. The maximum absolute atomic E-state index is 11.7. The van der Waals surface area contributed by atoms with Gasteiger partial charge in [-0.3, -0.25) is 10.1 Å². The third-order valence-corrected chi connectivity index (χ3v) is 2.37. The first-order chi connectivity index (χ1) is 8.58. The van der Waals surface area contributed by atoms with Crippen LogP contribution in [0.25, 0.3) is 0 Å². The van der Waals surface area contributed by atoms with E-state index < -0.39 is 6.09 Å². The second-order valence-electron chi connectivity index (χ2n) is 3.68. The fraction of sp³-hybridized carbons (Fsp3) is 0.231. The zero-order chi connectivity index (χ0) is 13.5. The lowest BCUT2D eigenvalue weighted by Gasteiger charge is -2.13. The first-order valence-electron chi connectivity index (χ1n) is 5.46. The third kappa shape index (κ3) is 3.62. The molecule has 0 unspecified atom stereocenters.